The summed E-state index contributed by atoms with van der Waals surface area (Å²) < 4.78 is 5.03. The Morgan fingerprint density at radius 2 is 2.31 bits per heavy atom. The summed E-state index contributed by atoms with van der Waals surface area (Å²) in [6.07, 6.45) is 0.941. The van der Waals surface area contributed by atoms with Gasteiger partial charge in [-0.1, -0.05) is 6.92 Å². The standard InChI is InChI=1S/C10H19NO2/c1-4-13-10(12)9-5-6-11(3)7-8(9)2/h8-9H,4-7H2,1-3H3. The van der Waals surface area contributed by atoms with Crippen LogP contribution in [0.25, 0.3) is 0 Å². The molecule has 0 aromatic carbocycles. The second-order valence-electron chi connectivity index (χ2n) is 3.89. The molecule has 1 rings (SSSR count). The van der Waals surface area contributed by atoms with Crippen molar-refractivity contribution in [2.24, 2.45) is 11.8 Å². The van der Waals surface area contributed by atoms with E-state index in [-0.39, 0.29) is 11.9 Å². The van der Waals surface area contributed by atoms with Crippen LogP contribution in [0.15, 0.2) is 0 Å². The number of likely N-dealkylation sites (tertiary alicyclic amines) is 1. The number of ether oxygens (including phenoxy) is 1. The Bertz CT molecular complexity index is 182. The molecule has 1 aliphatic rings. The second-order valence-corrected chi connectivity index (χ2v) is 3.89. The monoisotopic (exact) mass is 185 g/mol. The first-order valence-corrected chi connectivity index (χ1v) is 5.00. The molecule has 0 aromatic rings. The largest absolute Gasteiger partial charge is 0.466 e. The molecule has 1 saturated heterocycles. The van der Waals surface area contributed by atoms with Crippen LogP contribution in [0.1, 0.15) is 20.3 Å². The van der Waals surface area contributed by atoms with Gasteiger partial charge in [0.1, 0.15) is 0 Å². The minimum Gasteiger partial charge on any atom is -0.466 e. The predicted octanol–water partition coefficient (Wildman–Crippen LogP) is 1.14. The highest BCUT2D eigenvalue weighted by Crippen LogP contribution is 2.23. The molecule has 1 fully saturated rings. The lowest BCUT2D eigenvalue weighted by molar-refractivity contribution is -0.151. The zero-order valence-corrected chi connectivity index (χ0v) is 8.75. The SMILES string of the molecule is CCOC(=O)C1CCN(C)CC1C. The highest BCUT2D eigenvalue weighted by atomic mass is 16.5. The van der Waals surface area contributed by atoms with E-state index in [4.69, 9.17) is 4.74 Å². The molecule has 3 heteroatoms. The molecule has 1 aliphatic heterocycles. The normalized spacial score (nSPS) is 30.1. The molecule has 3 nitrogen and oxygen atoms in total. The Labute approximate surface area is 80.1 Å². The Hall–Kier alpha value is -0.570. The van der Waals surface area contributed by atoms with Crippen LogP contribution in [0.4, 0.5) is 0 Å². The first kappa shape index (κ1) is 10.5. The van der Waals surface area contributed by atoms with Crippen molar-refractivity contribution in [2.75, 3.05) is 26.7 Å². The van der Waals surface area contributed by atoms with Gasteiger partial charge in [-0.15, -0.1) is 0 Å². The molecule has 1 heterocycles. The van der Waals surface area contributed by atoms with Gasteiger partial charge in [0.2, 0.25) is 0 Å². The number of esters is 1. The number of rotatable bonds is 2. The minimum absolute atomic E-state index is 0.0110. The summed E-state index contributed by atoms with van der Waals surface area (Å²) in [6.45, 7) is 6.49. The average Bonchev–Trinajstić information content (AvgIpc) is 2.04. The van der Waals surface area contributed by atoms with E-state index < -0.39 is 0 Å². The molecule has 2 atom stereocenters. The van der Waals surface area contributed by atoms with E-state index >= 15 is 0 Å². The molecule has 0 radical (unpaired) electrons. The maximum Gasteiger partial charge on any atom is 0.309 e. The van der Waals surface area contributed by atoms with E-state index in [0.717, 1.165) is 19.5 Å². The van der Waals surface area contributed by atoms with Crippen molar-refractivity contribution in [3.8, 4) is 0 Å². The Kier molecular flexibility index (Phi) is 3.72. The van der Waals surface area contributed by atoms with Crippen LogP contribution in [0, 0.1) is 11.8 Å². The summed E-state index contributed by atoms with van der Waals surface area (Å²) in [7, 11) is 2.10. The van der Waals surface area contributed by atoms with Gasteiger partial charge in [0, 0.05) is 6.54 Å². The topological polar surface area (TPSA) is 29.5 Å². The van der Waals surface area contributed by atoms with Crippen molar-refractivity contribution in [3.63, 3.8) is 0 Å². The number of carbonyl (C=O) groups is 1. The maximum atomic E-state index is 11.5. The number of hydrogen-bond donors (Lipinski definition) is 0. The Morgan fingerprint density at radius 1 is 1.62 bits per heavy atom. The molecule has 0 spiro atoms. The van der Waals surface area contributed by atoms with E-state index in [1.807, 2.05) is 6.92 Å². The van der Waals surface area contributed by atoms with Crippen molar-refractivity contribution in [1.29, 1.82) is 0 Å². The molecular weight excluding hydrogens is 166 g/mol. The quantitative estimate of drug-likeness (QED) is 0.604. The fourth-order valence-corrected chi connectivity index (χ4v) is 1.95. The number of carbonyl (C=O) groups excluding carboxylic acids is 1. The van der Waals surface area contributed by atoms with Crippen molar-refractivity contribution < 1.29 is 9.53 Å². The van der Waals surface area contributed by atoms with Crippen LogP contribution < -0.4 is 0 Å². The fourth-order valence-electron chi connectivity index (χ4n) is 1.95. The van der Waals surface area contributed by atoms with E-state index in [0.29, 0.717) is 12.5 Å². The van der Waals surface area contributed by atoms with E-state index in [1.54, 1.807) is 0 Å². The van der Waals surface area contributed by atoms with E-state index in [2.05, 4.69) is 18.9 Å². The summed E-state index contributed by atoms with van der Waals surface area (Å²) >= 11 is 0. The lowest BCUT2D eigenvalue weighted by Crippen LogP contribution is -2.40. The maximum absolute atomic E-state index is 11.5. The van der Waals surface area contributed by atoms with Gasteiger partial charge in [0.15, 0.2) is 0 Å². The Morgan fingerprint density at radius 3 is 2.85 bits per heavy atom. The first-order valence-electron chi connectivity index (χ1n) is 5.00. The second kappa shape index (κ2) is 4.61. The van der Waals surface area contributed by atoms with Gasteiger partial charge in [-0.25, -0.2) is 0 Å². The highest BCUT2D eigenvalue weighted by Gasteiger charge is 2.30. The molecule has 0 aromatic heterocycles. The van der Waals surface area contributed by atoms with Crippen molar-refractivity contribution in [2.45, 2.75) is 20.3 Å². The van der Waals surface area contributed by atoms with E-state index in [1.165, 1.54) is 0 Å². The first-order chi connectivity index (χ1) is 6.15. The third-order valence-corrected chi connectivity index (χ3v) is 2.70. The molecule has 0 bridgehead atoms. The summed E-state index contributed by atoms with van der Waals surface area (Å²) in [5.74, 6) is 0.539. The predicted molar refractivity (Wildman–Crippen MR) is 51.4 cm³/mol. The Balaban J connectivity index is 2.45. The molecule has 2 unspecified atom stereocenters. The number of hydrogen-bond acceptors (Lipinski definition) is 3. The molecule has 76 valence electrons. The summed E-state index contributed by atoms with van der Waals surface area (Å²) in [5.41, 5.74) is 0. The van der Waals surface area contributed by atoms with Crippen LogP contribution in [0.3, 0.4) is 0 Å². The third kappa shape index (κ3) is 2.69. The summed E-state index contributed by atoms with van der Waals surface area (Å²) in [5, 5.41) is 0. The molecule has 0 amide bonds. The van der Waals surface area contributed by atoms with Crippen molar-refractivity contribution in [1.82, 2.24) is 4.90 Å². The third-order valence-electron chi connectivity index (χ3n) is 2.70. The lowest BCUT2D eigenvalue weighted by Gasteiger charge is -2.33. The number of piperidine rings is 1. The fraction of sp³-hybridized carbons (Fsp3) is 0.900. The molecular formula is C10H19NO2. The van der Waals surface area contributed by atoms with Crippen LogP contribution in [-0.4, -0.2) is 37.6 Å². The highest BCUT2D eigenvalue weighted by molar-refractivity contribution is 5.72. The van der Waals surface area contributed by atoms with Crippen LogP contribution in [0.5, 0.6) is 0 Å². The molecule has 0 aliphatic carbocycles. The van der Waals surface area contributed by atoms with Crippen LogP contribution in [0.2, 0.25) is 0 Å². The zero-order chi connectivity index (χ0) is 9.84. The summed E-state index contributed by atoms with van der Waals surface area (Å²) in [4.78, 5) is 13.7. The smallest absolute Gasteiger partial charge is 0.309 e. The van der Waals surface area contributed by atoms with Crippen molar-refractivity contribution in [3.05, 3.63) is 0 Å². The van der Waals surface area contributed by atoms with Crippen LogP contribution >= 0.6 is 0 Å². The van der Waals surface area contributed by atoms with Crippen LogP contribution in [-0.2, 0) is 9.53 Å². The van der Waals surface area contributed by atoms with Gasteiger partial charge < -0.3 is 9.64 Å². The lowest BCUT2D eigenvalue weighted by atomic mass is 9.87. The average molecular weight is 185 g/mol. The van der Waals surface area contributed by atoms with Gasteiger partial charge in [-0.05, 0) is 32.9 Å². The minimum atomic E-state index is -0.0110. The molecule has 0 saturated carbocycles. The zero-order valence-electron chi connectivity index (χ0n) is 8.75. The van der Waals surface area contributed by atoms with Crippen molar-refractivity contribution >= 4 is 5.97 Å². The van der Waals surface area contributed by atoms with Gasteiger partial charge in [0.05, 0.1) is 12.5 Å². The van der Waals surface area contributed by atoms with Gasteiger partial charge >= 0.3 is 5.97 Å². The van der Waals surface area contributed by atoms with Gasteiger partial charge in [-0.3, -0.25) is 4.79 Å². The van der Waals surface area contributed by atoms with Gasteiger partial charge in [0.25, 0.3) is 0 Å². The molecule has 0 N–H and O–H groups in total. The van der Waals surface area contributed by atoms with Gasteiger partial charge in [-0.2, -0.15) is 0 Å². The summed E-state index contributed by atoms with van der Waals surface area (Å²) in [6, 6.07) is 0. The van der Waals surface area contributed by atoms with E-state index in [9.17, 15) is 4.79 Å². The molecule has 13 heavy (non-hydrogen) atoms. The number of nitrogens with zero attached hydrogens (tertiary/aromatic N) is 1.